The standard InChI is InChI=1S/C17H12ClN3O/c18-8-10-3-4-15-13(6-10)14(17(22)21-15)7-11-9-20-16-12(11)2-1-5-19-16/h1-7,9H,8H2,(H,19,20)(H,21,22). The van der Waals surface area contributed by atoms with Crippen molar-refractivity contribution in [3.8, 4) is 0 Å². The molecule has 4 rings (SSSR count). The number of carbonyl (C=O) groups is 1. The monoisotopic (exact) mass is 309 g/mol. The topological polar surface area (TPSA) is 57.8 Å². The number of fused-ring (bicyclic) bond motifs is 2. The lowest BCUT2D eigenvalue weighted by Crippen LogP contribution is -2.03. The Balaban J connectivity index is 1.88. The summed E-state index contributed by atoms with van der Waals surface area (Å²) in [4.78, 5) is 19.6. The summed E-state index contributed by atoms with van der Waals surface area (Å²) in [5.41, 5.74) is 5.10. The summed E-state index contributed by atoms with van der Waals surface area (Å²) >= 11 is 5.90. The zero-order valence-electron chi connectivity index (χ0n) is 11.6. The van der Waals surface area contributed by atoms with E-state index in [0.29, 0.717) is 11.5 Å². The van der Waals surface area contributed by atoms with Crippen LogP contribution in [0.5, 0.6) is 0 Å². The molecule has 0 saturated carbocycles. The number of pyridine rings is 1. The minimum absolute atomic E-state index is 0.0973. The second-order valence-electron chi connectivity index (χ2n) is 5.17. The molecule has 108 valence electrons. The van der Waals surface area contributed by atoms with E-state index in [1.54, 1.807) is 6.20 Å². The summed E-state index contributed by atoms with van der Waals surface area (Å²) in [6.45, 7) is 0. The number of amides is 1. The predicted octanol–water partition coefficient (Wildman–Crippen LogP) is 3.79. The van der Waals surface area contributed by atoms with Gasteiger partial charge >= 0.3 is 0 Å². The van der Waals surface area contributed by atoms with Crippen LogP contribution < -0.4 is 5.32 Å². The molecule has 3 aromatic rings. The molecule has 0 aliphatic carbocycles. The second kappa shape index (κ2) is 5.00. The van der Waals surface area contributed by atoms with Crippen molar-refractivity contribution in [2.75, 3.05) is 5.32 Å². The van der Waals surface area contributed by atoms with Crippen molar-refractivity contribution in [3.63, 3.8) is 0 Å². The van der Waals surface area contributed by atoms with E-state index in [9.17, 15) is 4.79 Å². The van der Waals surface area contributed by atoms with Gasteiger partial charge in [-0.15, -0.1) is 11.6 Å². The maximum absolute atomic E-state index is 12.3. The Morgan fingerprint density at radius 2 is 2.18 bits per heavy atom. The normalized spacial score (nSPS) is 15.3. The molecule has 1 aliphatic heterocycles. The van der Waals surface area contributed by atoms with Crippen LogP contribution in [0.1, 0.15) is 16.7 Å². The Bertz CT molecular complexity index is 927. The Morgan fingerprint density at radius 3 is 3.05 bits per heavy atom. The zero-order chi connectivity index (χ0) is 15.1. The number of anilines is 1. The molecule has 3 heterocycles. The Kier molecular flexibility index (Phi) is 2.98. The Labute approximate surface area is 131 Å². The maximum Gasteiger partial charge on any atom is 0.256 e. The van der Waals surface area contributed by atoms with Gasteiger partial charge in [0.1, 0.15) is 5.65 Å². The number of H-pyrrole nitrogens is 1. The van der Waals surface area contributed by atoms with Crippen molar-refractivity contribution < 1.29 is 4.79 Å². The van der Waals surface area contributed by atoms with Crippen LogP contribution in [-0.2, 0) is 10.7 Å². The lowest BCUT2D eigenvalue weighted by Gasteiger charge is -2.01. The van der Waals surface area contributed by atoms with Gasteiger partial charge < -0.3 is 10.3 Å². The van der Waals surface area contributed by atoms with Gasteiger partial charge in [-0.2, -0.15) is 0 Å². The first kappa shape index (κ1) is 13.1. The molecule has 2 N–H and O–H groups in total. The quantitative estimate of drug-likeness (QED) is 0.559. The van der Waals surface area contributed by atoms with Gasteiger partial charge in [-0.3, -0.25) is 4.79 Å². The molecule has 0 radical (unpaired) electrons. The molecular weight excluding hydrogens is 298 g/mol. The number of carbonyl (C=O) groups excluding carboxylic acids is 1. The Morgan fingerprint density at radius 1 is 1.27 bits per heavy atom. The fourth-order valence-electron chi connectivity index (χ4n) is 2.71. The number of nitrogens with one attached hydrogen (secondary N) is 2. The van der Waals surface area contributed by atoms with Gasteiger partial charge in [0, 0.05) is 46.0 Å². The van der Waals surface area contributed by atoms with Crippen molar-refractivity contribution >= 4 is 45.9 Å². The van der Waals surface area contributed by atoms with E-state index in [1.165, 1.54) is 0 Å². The van der Waals surface area contributed by atoms with Crippen molar-refractivity contribution in [2.45, 2.75) is 5.88 Å². The molecule has 0 saturated heterocycles. The van der Waals surface area contributed by atoms with Gasteiger partial charge in [0.15, 0.2) is 0 Å². The van der Waals surface area contributed by atoms with Crippen LogP contribution in [0.2, 0.25) is 0 Å². The number of hydrogen-bond acceptors (Lipinski definition) is 2. The van der Waals surface area contributed by atoms with E-state index < -0.39 is 0 Å². The van der Waals surface area contributed by atoms with E-state index in [0.717, 1.165) is 33.4 Å². The Hall–Kier alpha value is -2.59. The van der Waals surface area contributed by atoms with Crippen LogP contribution in [0, 0.1) is 0 Å². The highest BCUT2D eigenvalue weighted by Gasteiger charge is 2.24. The smallest absolute Gasteiger partial charge is 0.256 e. The molecule has 1 aromatic carbocycles. The highest BCUT2D eigenvalue weighted by molar-refractivity contribution is 6.35. The highest BCUT2D eigenvalue weighted by atomic mass is 35.5. The van der Waals surface area contributed by atoms with Crippen molar-refractivity contribution in [1.29, 1.82) is 0 Å². The lowest BCUT2D eigenvalue weighted by molar-refractivity contribution is -0.110. The third-order valence-electron chi connectivity index (χ3n) is 3.80. The molecule has 0 fully saturated rings. The lowest BCUT2D eigenvalue weighted by atomic mass is 10.0. The second-order valence-corrected chi connectivity index (χ2v) is 5.44. The number of nitrogens with zero attached hydrogens (tertiary/aromatic N) is 1. The third kappa shape index (κ3) is 2.00. The summed E-state index contributed by atoms with van der Waals surface area (Å²) in [5, 5.41) is 3.87. The largest absolute Gasteiger partial charge is 0.346 e. The van der Waals surface area contributed by atoms with Crippen molar-refractivity contribution in [1.82, 2.24) is 9.97 Å². The SMILES string of the molecule is O=C1Nc2ccc(CCl)cc2C1=Cc1c[nH]c2ncccc12. The van der Waals surface area contributed by atoms with Crippen LogP contribution in [0.15, 0.2) is 42.7 Å². The van der Waals surface area contributed by atoms with Gasteiger partial charge in [-0.25, -0.2) is 4.98 Å². The first-order chi connectivity index (χ1) is 10.8. The summed E-state index contributed by atoms with van der Waals surface area (Å²) in [6.07, 6.45) is 5.49. The molecule has 0 spiro atoms. The number of aromatic nitrogens is 2. The zero-order valence-corrected chi connectivity index (χ0v) is 12.3. The van der Waals surface area contributed by atoms with E-state index >= 15 is 0 Å². The number of hydrogen-bond donors (Lipinski definition) is 2. The number of alkyl halides is 1. The fourth-order valence-corrected chi connectivity index (χ4v) is 2.88. The maximum atomic E-state index is 12.3. The highest BCUT2D eigenvalue weighted by Crippen LogP contribution is 2.35. The minimum atomic E-state index is -0.0973. The van der Waals surface area contributed by atoms with E-state index in [1.807, 2.05) is 42.6 Å². The van der Waals surface area contributed by atoms with E-state index in [2.05, 4.69) is 15.3 Å². The fraction of sp³-hybridized carbons (Fsp3) is 0.0588. The van der Waals surface area contributed by atoms with Gasteiger partial charge in [0.25, 0.3) is 5.91 Å². The molecule has 22 heavy (non-hydrogen) atoms. The van der Waals surface area contributed by atoms with E-state index in [-0.39, 0.29) is 5.91 Å². The molecule has 0 unspecified atom stereocenters. The molecule has 1 aliphatic rings. The predicted molar refractivity (Wildman–Crippen MR) is 88.6 cm³/mol. The van der Waals surface area contributed by atoms with Crippen LogP contribution >= 0.6 is 11.6 Å². The molecule has 2 aromatic heterocycles. The van der Waals surface area contributed by atoms with Gasteiger partial charge in [0.05, 0.1) is 0 Å². The molecule has 0 bridgehead atoms. The molecule has 5 heteroatoms. The first-order valence-electron chi connectivity index (χ1n) is 6.90. The number of benzene rings is 1. The van der Waals surface area contributed by atoms with E-state index in [4.69, 9.17) is 11.6 Å². The molecular formula is C17H12ClN3O. The summed E-state index contributed by atoms with van der Waals surface area (Å²) in [5.74, 6) is 0.325. The number of aromatic amines is 1. The van der Waals surface area contributed by atoms with Gasteiger partial charge in [-0.05, 0) is 35.9 Å². The molecule has 0 atom stereocenters. The minimum Gasteiger partial charge on any atom is -0.346 e. The van der Waals surface area contributed by atoms with Crippen molar-refractivity contribution in [3.05, 3.63) is 59.4 Å². The summed E-state index contributed by atoms with van der Waals surface area (Å²) < 4.78 is 0. The average Bonchev–Trinajstić information content (AvgIpc) is 3.09. The summed E-state index contributed by atoms with van der Waals surface area (Å²) in [6, 6.07) is 9.63. The summed E-state index contributed by atoms with van der Waals surface area (Å²) in [7, 11) is 0. The first-order valence-corrected chi connectivity index (χ1v) is 7.44. The molecule has 1 amide bonds. The number of halogens is 1. The van der Waals surface area contributed by atoms with Crippen molar-refractivity contribution in [2.24, 2.45) is 0 Å². The third-order valence-corrected chi connectivity index (χ3v) is 4.11. The van der Waals surface area contributed by atoms with Gasteiger partial charge in [-0.1, -0.05) is 6.07 Å². The van der Waals surface area contributed by atoms with Crippen LogP contribution in [-0.4, -0.2) is 15.9 Å². The molecule has 4 nitrogen and oxygen atoms in total. The van der Waals surface area contributed by atoms with Crippen LogP contribution in [0.3, 0.4) is 0 Å². The van der Waals surface area contributed by atoms with Crippen LogP contribution in [0.4, 0.5) is 5.69 Å². The number of rotatable bonds is 2. The van der Waals surface area contributed by atoms with Gasteiger partial charge in [0.2, 0.25) is 0 Å². The average molecular weight is 310 g/mol. The van der Waals surface area contributed by atoms with Crippen LogP contribution in [0.25, 0.3) is 22.7 Å².